The van der Waals surface area contributed by atoms with E-state index < -0.39 is 23.2 Å². The van der Waals surface area contributed by atoms with E-state index >= 15 is 0 Å². The van der Waals surface area contributed by atoms with E-state index in [1.807, 2.05) is 4.98 Å². The summed E-state index contributed by atoms with van der Waals surface area (Å²) in [4.78, 5) is 15.5. The third kappa shape index (κ3) is 2.06. The van der Waals surface area contributed by atoms with Gasteiger partial charge in [-0.15, -0.1) is 0 Å². The van der Waals surface area contributed by atoms with E-state index in [0.29, 0.717) is 0 Å². The van der Waals surface area contributed by atoms with Gasteiger partial charge in [0.25, 0.3) is 5.56 Å². The molecule has 0 aliphatic carbocycles. The summed E-state index contributed by atoms with van der Waals surface area (Å²) in [6, 6.07) is 0. The first-order chi connectivity index (χ1) is 6.36. The first-order valence-electron chi connectivity index (χ1n) is 3.27. The van der Waals surface area contributed by atoms with E-state index in [0.717, 1.165) is 11.8 Å². The molecule has 0 saturated carbocycles. The molecular weight excluding hydrogens is 224 g/mol. The number of rotatable bonds is 1. The van der Waals surface area contributed by atoms with Crippen molar-refractivity contribution in [2.24, 2.45) is 0 Å². The van der Waals surface area contributed by atoms with Gasteiger partial charge in [-0.2, -0.15) is 17.6 Å². The van der Waals surface area contributed by atoms with Crippen LogP contribution in [0.25, 0.3) is 0 Å². The highest BCUT2D eigenvalue weighted by molar-refractivity contribution is 7.98. The molecule has 0 unspecified atom stereocenters. The number of halogens is 4. The third-order valence-corrected chi connectivity index (χ3v) is 1.88. The lowest BCUT2D eigenvalue weighted by Gasteiger charge is -2.06. The zero-order valence-corrected chi connectivity index (χ0v) is 7.59. The molecule has 0 spiro atoms. The summed E-state index contributed by atoms with van der Waals surface area (Å²) in [5.41, 5.74) is -3.21. The predicted molar refractivity (Wildman–Crippen MR) is 41.6 cm³/mol. The van der Waals surface area contributed by atoms with Crippen molar-refractivity contribution in [3.8, 4) is 0 Å². The Balaban J connectivity index is 3.43. The number of aromatic nitrogens is 2. The summed E-state index contributed by atoms with van der Waals surface area (Å²) in [6.45, 7) is 0. The molecule has 78 valence electrons. The normalized spacial score (nSPS) is 11.8. The SMILES string of the molecule is CSc1nc(C(F)(F)F)c(F)c(=O)[nH]1. The van der Waals surface area contributed by atoms with Gasteiger partial charge >= 0.3 is 6.18 Å². The summed E-state index contributed by atoms with van der Waals surface area (Å²) >= 11 is 0.789. The van der Waals surface area contributed by atoms with E-state index in [4.69, 9.17) is 0 Å². The molecule has 1 rings (SSSR count). The molecule has 0 atom stereocenters. The smallest absolute Gasteiger partial charge is 0.299 e. The minimum absolute atomic E-state index is 0.274. The summed E-state index contributed by atoms with van der Waals surface area (Å²) in [5.74, 6) is -1.91. The number of thioether (sulfide) groups is 1. The van der Waals surface area contributed by atoms with Crippen LogP contribution in [0.3, 0.4) is 0 Å². The quantitative estimate of drug-likeness (QED) is 0.451. The number of hydrogen-bond acceptors (Lipinski definition) is 3. The Kier molecular flexibility index (Phi) is 2.84. The number of alkyl halides is 3. The van der Waals surface area contributed by atoms with Gasteiger partial charge in [0.05, 0.1) is 0 Å². The summed E-state index contributed by atoms with van der Waals surface area (Å²) in [5, 5.41) is -0.274. The standard InChI is InChI=1S/C6H4F4N2OS/c1-14-5-11-3(6(8,9)10)2(7)4(13)12-5/h1H3,(H,11,12,13). The van der Waals surface area contributed by atoms with Gasteiger partial charge in [0.15, 0.2) is 10.9 Å². The van der Waals surface area contributed by atoms with Crippen molar-refractivity contribution in [1.82, 2.24) is 9.97 Å². The minimum atomic E-state index is -4.96. The van der Waals surface area contributed by atoms with Crippen molar-refractivity contribution in [2.75, 3.05) is 6.26 Å². The highest BCUT2D eigenvalue weighted by Crippen LogP contribution is 2.29. The lowest BCUT2D eigenvalue weighted by atomic mass is 10.4. The zero-order chi connectivity index (χ0) is 10.9. The van der Waals surface area contributed by atoms with Crippen molar-refractivity contribution in [3.05, 3.63) is 21.9 Å². The van der Waals surface area contributed by atoms with E-state index in [1.165, 1.54) is 6.26 Å². The van der Waals surface area contributed by atoms with E-state index in [2.05, 4.69) is 4.98 Å². The molecule has 1 N–H and O–H groups in total. The average molecular weight is 228 g/mol. The second-order valence-corrected chi connectivity index (χ2v) is 3.03. The monoisotopic (exact) mass is 228 g/mol. The number of hydrogen-bond donors (Lipinski definition) is 1. The summed E-state index contributed by atoms with van der Waals surface area (Å²) < 4.78 is 48.9. The Bertz CT molecular complexity index is 400. The van der Waals surface area contributed by atoms with E-state index in [1.54, 1.807) is 0 Å². The second-order valence-electron chi connectivity index (χ2n) is 2.24. The average Bonchev–Trinajstić information content (AvgIpc) is 2.07. The van der Waals surface area contributed by atoms with Crippen LogP contribution in [0.4, 0.5) is 17.6 Å². The fourth-order valence-corrected chi connectivity index (χ4v) is 1.10. The molecule has 0 aliphatic rings. The summed E-state index contributed by atoms with van der Waals surface area (Å²) in [7, 11) is 0. The molecule has 1 heterocycles. The van der Waals surface area contributed by atoms with Crippen LogP contribution >= 0.6 is 11.8 Å². The maximum absolute atomic E-state index is 12.7. The molecule has 0 radical (unpaired) electrons. The summed E-state index contributed by atoms with van der Waals surface area (Å²) in [6.07, 6.45) is -3.54. The molecule has 3 nitrogen and oxygen atoms in total. The zero-order valence-electron chi connectivity index (χ0n) is 6.78. The highest BCUT2D eigenvalue weighted by Gasteiger charge is 2.37. The van der Waals surface area contributed by atoms with Crippen LogP contribution in [0.5, 0.6) is 0 Å². The van der Waals surface area contributed by atoms with Crippen LogP contribution in [-0.4, -0.2) is 16.2 Å². The highest BCUT2D eigenvalue weighted by atomic mass is 32.2. The van der Waals surface area contributed by atoms with Gasteiger partial charge in [0, 0.05) is 0 Å². The topological polar surface area (TPSA) is 45.8 Å². The Morgan fingerprint density at radius 1 is 1.43 bits per heavy atom. The van der Waals surface area contributed by atoms with Crippen molar-refractivity contribution >= 4 is 11.8 Å². The molecule has 14 heavy (non-hydrogen) atoms. The van der Waals surface area contributed by atoms with Crippen molar-refractivity contribution in [1.29, 1.82) is 0 Å². The maximum Gasteiger partial charge on any atom is 0.436 e. The third-order valence-electron chi connectivity index (χ3n) is 1.30. The van der Waals surface area contributed by atoms with Crippen LogP contribution in [0, 0.1) is 5.82 Å². The fourth-order valence-electron chi connectivity index (χ4n) is 0.723. The Morgan fingerprint density at radius 3 is 2.43 bits per heavy atom. The molecule has 0 amide bonds. The first kappa shape index (κ1) is 11.0. The lowest BCUT2D eigenvalue weighted by molar-refractivity contribution is -0.144. The van der Waals surface area contributed by atoms with Crippen LogP contribution in [0.2, 0.25) is 0 Å². The predicted octanol–water partition coefficient (Wildman–Crippen LogP) is 1.65. The molecule has 0 aliphatic heterocycles. The Hall–Kier alpha value is -1.05. The van der Waals surface area contributed by atoms with Crippen molar-refractivity contribution < 1.29 is 17.6 Å². The van der Waals surface area contributed by atoms with Gasteiger partial charge in [-0.3, -0.25) is 9.78 Å². The van der Waals surface area contributed by atoms with Gasteiger partial charge in [-0.05, 0) is 6.26 Å². The molecule has 0 bridgehead atoms. The molecular formula is C6H4F4N2OS. The molecule has 1 aromatic heterocycles. The van der Waals surface area contributed by atoms with Gasteiger partial charge in [0.1, 0.15) is 0 Å². The molecule has 0 aromatic carbocycles. The Morgan fingerprint density at radius 2 is 2.00 bits per heavy atom. The van der Waals surface area contributed by atoms with Crippen LogP contribution < -0.4 is 5.56 Å². The molecule has 0 saturated heterocycles. The number of H-pyrrole nitrogens is 1. The van der Waals surface area contributed by atoms with Gasteiger partial charge in [-0.1, -0.05) is 11.8 Å². The van der Waals surface area contributed by atoms with Gasteiger partial charge in [-0.25, -0.2) is 4.98 Å². The van der Waals surface area contributed by atoms with E-state index in [9.17, 15) is 22.4 Å². The van der Waals surface area contributed by atoms with Gasteiger partial charge in [0.2, 0.25) is 5.82 Å². The number of nitrogens with zero attached hydrogens (tertiary/aromatic N) is 1. The second kappa shape index (κ2) is 3.60. The molecule has 8 heteroatoms. The van der Waals surface area contributed by atoms with E-state index in [-0.39, 0.29) is 5.16 Å². The van der Waals surface area contributed by atoms with Crippen LogP contribution in [0.15, 0.2) is 9.95 Å². The lowest BCUT2D eigenvalue weighted by Crippen LogP contribution is -2.22. The molecule has 0 fully saturated rings. The fraction of sp³-hybridized carbons (Fsp3) is 0.333. The molecule has 1 aromatic rings. The van der Waals surface area contributed by atoms with Crippen molar-refractivity contribution in [2.45, 2.75) is 11.3 Å². The van der Waals surface area contributed by atoms with Gasteiger partial charge < -0.3 is 0 Å². The van der Waals surface area contributed by atoms with Crippen molar-refractivity contribution in [3.63, 3.8) is 0 Å². The number of nitrogens with one attached hydrogen (secondary N) is 1. The Labute approximate surface area is 79.5 Å². The van der Waals surface area contributed by atoms with Crippen LogP contribution in [-0.2, 0) is 6.18 Å². The minimum Gasteiger partial charge on any atom is -0.299 e. The largest absolute Gasteiger partial charge is 0.436 e. The number of aromatic amines is 1. The van der Waals surface area contributed by atoms with Crippen LogP contribution in [0.1, 0.15) is 5.69 Å². The first-order valence-corrected chi connectivity index (χ1v) is 4.49. The maximum atomic E-state index is 12.7.